The van der Waals surface area contributed by atoms with E-state index < -0.39 is 0 Å². The Balaban J connectivity index is 0.00000182. The number of hydrogen-bond acceptors (Lipinski definition) is 3. The van der Waals surface area contributed by atoms with Crippen LogP contribution in [0.5, 0.6) is 0 Å². The number of nitrogens with zero attached hydrogens (tertiary/aromatic N) is 1. The van der Waals surface area contributed by atoms with Crippen molar-refractivity contribution in [2.45, 2.75) is 25.4 Å². The summed E-state index contributed by atoms with van der Waals surface area (Å²) in [5.74, 6) is -0.201. The predicted octanol–water partition coefficient (Wildman–Crippen LogP) is 1.96. The Kier molecular flexibility index (Phi) is 4.91. The molecule has 0 unspecified atom stereocenters. The van der Waals surface area contributed by atoms with Crippen LogP contribution in [0.25, 0.3) is 16.5 Å². The number of benzene rings is 1. The van der Waals surface area contributed by atoms with Gasteiger partial charge in [-0.1, -0.05) is 18.2 Å². The number of nitrogens with one attached hydrogen (secondary N) is 2. The van der Waals surface area contributed by atoms with E-state index in [4.69, 9.17) is 5.11 Å². The van der Waals surface area contributed by atoms with Gasteiger partial charge >= 0.3 is 0 Å². The van der Waals surface area contributed by atoms with Gasteiger partial charge in [0.05, 0.1) is 12.5 Å². The molecule has 4 rings (SSSR count). The second-order valence-electron chi connectivity index (χ2n) is 7.02. The van der Waals surface area contributed by atoms with Crippen molar-refractivity contribution < 1.29 is 9.90 Å². The molecule has 1 aliphatic heterocycles. The number of aliphatic hydroxyl groups excluding tert-OH is 1. The van der Waals surface area contributed by atoms with Crippen LogP contribution < -0.4 is 5.32 Å². The lowest BCUT2D eigenvalue weighted by Crippen LogP contribution is -2.48. The van der Waals surface area contributed by atoms with Gasteiger partial charge in [-0.25, -0.2) is 0 Å². The van der Waals surface area contributed by atoms with Crippen molar-refractivity contribution in [2.75, 3.05) is 20.2 Å². The molecule has 134 valence electrons. The summed E-state index contributed by atoms with van der Waals surface area (Å²) >= 11 is 0. The van der Waals surface area contributed by atoms with Crippen LogP contribution in [-0.4, -0.2) is 53.2 Å². The molecule has 1 aromatic carbocycles. The second-order valence-corrected chi connectivity index (χ2v) is 7.02. The monoisotopic (exact) mass is 361 g/mol. The van der Waals surface area contributed by atoms with Gasteiger partial charge in [0.1, 0.15) is 0 Å². The van der Waals surface area contributed by atoms with E-state index in [1.54, 1.807) is 0 Å². The molecule has 6 heteroatoms. The third-order valence-corrected chi connectivity index (χ3v) is 5.27. The van der Waals surface area contributed by atoms with Gasteiger partial charge in [-0.2, -0.15) is 0 Å². The number of H-pyrrole nitrogens is 1. The number of likely N-dealkylation sites (N-methyl/N-ethyl adjacent to an activating group) is 1. The third-order valence-electron chi connectivity index (χ3n) is 5.27. The van der Waals surface area contributed by atoms with E-state index in [2.05, 4.69) is 52.7 Å². The summed E-state index contributed by atoms with van der Waals surface area (Å²) < 4.78 is 0. The lowest BCUT2D eigenvalue weighted by Gasteiger charge is -2.39. The predicted molar refractivity (Wildman–Crippen MR) is 102 cm³/mol. The molecule has 0 saturated heterocycles. The largest absolute Gasteiger partial charge is 0.394 e. The smallest absolute Gasteiger partial charge is 0.228 e. The number of hydrogen-bond donors (Lipinski definition) is 3. The molecule has 3 N–H and O–H groups in total. The molecule has 1 amide bonds. The van der Waals surface area contributed by atoms with Gasteiger partial charge in [0, 0.05) is 35.7 Å². The van der Waals surface area contributed by atoms with E-state index in [0.29, 0.717) is 12.6 Å². The lowest BCUT2D eigenvalue weighted by molar-refractivity contribution is -0.125. The quantitative estimate of drug-likeness (QED) is 0.782. The van der Waals surface area contributed by atoms with Crippen LogP contribution in [0.3, 0.4) is 0 Å². The number of rotatable bonds is 3. The fourth-order valence-corrected chi connectivity index (χ4v) is 4.01. The van der Waals surface area contributed by atoms with Gasteiger partial charge in [0.15, 0.2) is 0 Å². The molecule has 2 heterocycles. The molecule has 1 aliphatic carbocycles. The van der Waals surface area contributed by atoms with Crippen LogP contribution in [0.2, 0.25) is 0 Å². The highest BCUT2D eigenvalue weighted by Gasteiger charge is 2.35. The minimum atomic E-state index is -0.218. The maximum Gasteiger partial charge on any atom is 0.228 e. The highest BCUT2D eigenvalue weighted by Crippen LogP contribution is 2.40. The summed E-state index contributed by atoms with van der Waals surface area (Å²) in [6.07, 6.45) is 5.22. The SMILES string of the molecule is C[C@@H](CO)NC(=O)[C@@H]1C=C2c3cccc4[nH]cc(c34)C[C@H]2N(C)C1.Cl. The number of carbonyl (C=O) groups excluding carboxylic acids is 1. The number of halogens is 1. The number of carbonyl (C=O) groups is 1. The van der Waals surface area contributed by atoms with Crippen molar-refractivity contribution >= 4 is 34.8 Å². The first-order chi connectivity index (χ1) is 11.6. The summed E-state index contributed by atoms with van der Waals surface area (Å²) in [5, 5.41) is 13.3. The number of aliphatic hydroxyl groups is 1. The Bertz CT molecular complexity index is 829. The summed E-state index contributed by atoms with van der Waals surface area (Å²) in [4.78, 5) is 18.2. The maximum atomic E-state index is 12.5. The van der Waals surface area contributed by atoms with Gasteiger partial charge in [0.2, 0.25) is 5.91 Å². The summed E-state index contributed by atoms with van der Waals surface area (Å²) in [5.41, 5.74) is 4.99. The van der Waals surface area contributed by atoms with Crippen molar-refractivity contribution in [3.8, 4) is 0 Å². The van der Waals surface area contributed by atoms with Crippen molar-refractivity contribution in [3.63, 3.8) is 0 Å². The normalized spacial score (nSPS) is 23.4. The number of amides is 1. The first-order valence-electron chi connectivity index (χ1n) is 8.51. The Hall–Kier alpha value is -1.82. The number of aromatic amines is 1. The molecule has 2 aliphatic rings. The maximum absolute atomic E-state index is 12.5. The average molecular weight is 362 g/mol. The molecule has 2 aromatic rings. The molecule has 0 bridgehead atoms. The molecule has 0 spiro atoms. The van der Waals surface area contributed by atoms with E-state index in [1.165, 1.54) is 22.1 Å². The number of fused-ring (bicyclic) bond motifs is 2. The summed E-state index contributed by atoms with van der Waals surface area (Å²) in [6.45, 7) is 2.47. The topological polar surface area (TPSA) is 68.4 Å². The minimum absolute atomic E-state index is 0. The fraction of sp³-hybridized carbons (Fsp3) is 0.421. The van der Waals surface area contributed by atoms with Crippen LogP contribution in [0.15, 0.2) is 30.5 Å². The highest BCUT2D eigenvalue weighted by atomic mass is 35.5. The Morgan fingerprint density at radius 2 is 2.28 bits per heavy atom. The van der Waals surface area contributed by atoms with Crippen molar-refractivity contribution in [2.24, 2.45) is 5.92 Å². The molecule has 0 saturated carbocycles. The standard InChI is InChI=1S/C19H23N3O2.ClH/c1-11(10-23)21-19(24)13-6-15-14-4-3-5-16-18(14)12(8-20-16)7-17(15)22(2)9-13;/h3-6,8,11,13,17,20,23H,7,9-10H2,1-2H3,(H,21,24);1H/t11-,13+,17+;/m0./s1. The van der Waals surface area contributed by atoms with Crippen LogP contribution in [-0.2, 0) is 11.2 Å². The zero-order chi connectivity index (χ0) is 16.8. The highest BCUT2D eigenvalue weighted by molar-refractivity contribution is 5.99. The average Bonchev–Trinajstić information content (AvgIpc) is 3.00. The van der Waals surface area contributed by atoms with E-state index in [1.807, 2.05) is 6.92 Å². The summed E-state index contributed by atoms with van der Waals surface area (Å²) in [7, 11) is 2.09. The van der Waals surface area contributed by atoms with E-state index in [9.17, 15) is 4.79 Å². The minimum Gasteiger partial charge on any atom is -0.394 e. The van der Waals surface area contributed by atoms with Crippen LogP contribution in [0.4, 0.5) is 0 Å². The van der Waals surface area contributed by atoms with E-state index in [-0.39, 0.29) is 36.9 Å². The third kappa shape index (κ3) is 2.97. The van der Waals surface area contributed by atoms with Crippen molar-refractivity contribution in [3.05, 3.63) is 41.6 Å². The molecule has 3 atom stereocenters. The molecule has 0 fully saturated rings. The fourth-order valence-electron chi connectivity index (χ4n) is 4.01. The van der Waals surface area contributed by atoms with Gasteiger partial charge in [0.25, 0.3) is 0 Å². The molecule has 0 radical (unpaired) electrons. The van der Waals surface area contributed by atoms with Crippen LogP contribution in [0, 0.1) is 5.92 Å². The van der Waals surface area contributed by atoms with Gasteiger partial charge < -0.3 is 15.4 Å². The van der Waals surface area contributed by atoms with E-state index in [0.717, 1.165) is 11.9 Å². The molecule has 5 nitrogen and oxygen atoms in total. The number of aromatic nitrogens is 1. The van der Waals surface area contributed by atoms with Crippen molar-refractivity contribution in [1.82, 2.24) is 15.2 Å². The zero-order valence-corrected chi connectivity index (χ0v) is 15.3. The van der Waals surface area contributed by atoms with Gasteiger partial charge in [-0.15, -0.1) is 12.4 Å². The Labute approximate surface area is 153 Å². The first-order valence-corrected chi connectivity index (χ1v) is 8.51. The first kappa shape index (κ1) is 18.0. The zero-order valence-electron chi connectivity index (χ0n) is 14.5. The molecule has 1 aromatic heterocycles. The van der Waals surface area contributed by atoms with Crippen molar-refractivity contribution in [1.29, 1.82) is 0 Å². The van der Waals surface area contributed by atoms with E-state index >= 15 is 0 Å². The summed E-state index contributed by atoms with van der Waals surface area (Å²) in [6, 6.07) is 6.42. The molecular formula is C19H24ClN3O2. The Morgan fingerprint density at radius 3 is 3.04 bits per heavy atom. The van der Waals surface area contributed by atoms with Gasteiger partial charge in [-0.3, -0.25) is 9.69 Å². The Morgan fingerprint density at radius 1 is 1.48 bits per heavy atom. The molecular weight excluding hydrogens is 338 g/mol. The molecule has 25 heavy (non-hydrogen) atoms. The van der Waals surface area contributed by atoms with Crippen LogP contribution >= 0.6 is 12.4 Å². The second kappa shape index (κ2) is 6.83. The van der Waals surface area contributed by atoms with Gasteiger partial charge in [-0.05, 0) is 43.2 Å². The lowest BCUT2D eigenvalue weighted by atomic mass is 9.80. The van der Waals surface area contributed by atoms with Crippen LogP contribution in [0.1, 0.15) is 18.1 Å².